The Morgan fingerprint density at radius 2 is 1.68 bits per heavy atom. The Morgan fingerprint density at radius 1 is 0.947 bits per heavy atom. The third-order valence-corrected chi connectivity index (χ3v) is 3.74. The summed E-state index contributed by atoms with van der Waals surface area (Å²) in [5, 5.41) is 4.41. The van der Waals surface area contributed by atoms with Crippen LogP contribution in [0.1, 0.15) is 42.6 Å². The molecule has 0 bridgehead atoms. The SMILES string of the molecule is Cc1ccccc1C(C)N[C@@H](C)c1cccc(Cl)c1. The summed E-state index contributed by atoms with van der Waals surface area (Å²) in [5.74, 6) is 0. The van der Waals surface area contributed by atoms with Crippen LogP contribution in [0.3, 0.4) is 0 Å². The minimum atomic E-state index is 0.272. The van der Waals surface area contributed by atoms with Crippen molar-refractivity contribution < 1.29 is 0 Å². The third-order valence-electron chi connectivity index (χ3n) is 3.50. The highest BCUT2D eigenvalue weighted by molar-refractivity contribution is 6.30. The van der Waals surface area contributed by atoms with Gasteiger partial charge in [0.1, 0.15) is 0 Å². The number of nitrogens with one attached hydrogen (secondary N) is 1. The van der Waals surface area contributed by atoms with Gasteiger partial charge in [0, 0.05) is 17.1 Å². The Kier molecular flexibility index (Phi) is 4.62. The monoisotopic (exact) mass is 273 g/mol. The molecule has 2 atom stereocenters. The first-order chi connectivity index (χ1) is 9.08. The number of halogens is 1. The molecule has 0 amide bonds. The molecule has 0 aliphatic rings. The summed E-state index contributed by atoms with van der Waals surface area (Å²) in [4.78, 5) is 0. The number of benzene rings is 2. The minimum absolute atomic E-state index is 0.272. The fourth-order valence-electron chi connectivity index (χ4n) is 2.41. The van der Waals surface area contributed by atoms with Crippen LogP contribution in [0.5, 0.6) is 0 Å². The van der Waals surface area contributed by atoms with Crippen LogP contribution in [-0.2, 0) is 0 Å². The van der Waals surface area contributed by atoms with Crippen molar-refractivity contribution in [2.24, 2.45) is 0 Å². The molecular weight excluding hydrogens is 254 g/mol. The van der Waals surface area contributed by atoms with Gasteiger partial charge in [-0.2, -0.15) is 0 Å². The summed E-state index contributed by atoms with van der Waals surface area (Å²) in [6.45, 7) is 6.52. The molecule has 0 aliphatic carbocycles. The molecule has 0 radical (unpaired) electrons. The van der Waals surface area contributed by atoms with Crippen molar-refractivity contribution in [3.8, 4) is 0 Å². The van der Waals surface area contributed by atoms with Gasteiger partial charge in [0.05, 0.1) is 0 Å². The fraction of sp³-hybridized carbons (Fsp3) is 0.294. The van der Waals surface area contributed by atoms with Gasteiger partial charge >= 0.3 is 0 Å². The van der Waals surface area contributed by atoms with E-state index in [4.69, 9.17) is 11.6 Å². The average Bonchev–Trinajstić information content (AvgIpc) is 2.39. The van der Waals surface area contributed by atoms with E-state index in [9.17, 15) is 0 Å². The lowest BCUT2D eigenvalue weighted by Gasteiger charge is -2.22. The van der Waals surface area contributed by atoms with Crippen LogP contribution >= 0.6 is 11.6 Å². The summed E-state index contributed by atoms with van der Waals surface area (Å²) >= 11 is 6.04. The smallest absolute Gasteiger partial charge is 0.0409 e. The number of hydrogen-bond donors (Lipinski definition) is 1. The van der Waals surface area contributed by atoms with Crippen molar-refractivity contribution in [1.82, 2.24) is 5.32 Å². The molecule has 2 aromatic rings. The molecule has 2 aromatic carbocycles. The van der Waals surface area contributed by atoms with Gasteiger partial charge in [-0.25, -0.2) is 0 Å². The van der Waals surface area contributed by atoms with Gasteiger partial charge in [0.15, 0.2) is 0 Å². The van der Waals surface area contributed by atoms with Crippen molar-refractivity contribution in [1.29, 1.82) is 0 Å². The molecule has 0 fully saturated rings. The quantitative estimate of drug-likeness (QED) is 0.821. The molecule has 0 aliphatic heterocycles. The summed E-state index contributed by atoms with van der Waals surface area (Å²) in [6, 6.07) is 17.1. The molecular formula is C17H20ClN. The van der Waals surface area contributed by atoms with E-state index < -0.39 is 0 Å². The van der Waals surface area contributed by atoms with Crippen LogP contribution < -0.4 is 5.32 Å². The van der Waals surface area contributed by atoms with Gasteiger partial charge in [0.25, 0.3) is 0 Å². The van der Waals surface area contributed by atoms with E-state index in [-0.39, 0.29) is 6.04 Å². The van der Waals surface area contributed by atoms with Crippen LogP contribution in [-0.4, -0.2) is 0 Å². The lowest BCUT2D eigenvalue weighted by Crippen LogP contribution is -2.23. The van der Waals surface area contributed by atoms with Crippen LogP contribution in [0.4, 0.5) is 0 Å². The van der Waals surface area contributed by atoms with Gasteiger partial charge in [-0.1, -0.05) is 48.0 Å². The van der Waals surface area contributed by atoms with Gasteiger partial charge in [-0.3, -0.25) is 0 Å². The van der Waals surface area contributed by atoms with E-state index in [1.54, 1.807) is 0 Å². The van der Waals surface area contributed by atoms with Crippen LogP contribution in [0, 0.1) is 6.92 Å². The molecule has 0 saturated heterocycles. The zero-order valence-electron chi connectivity index (χ0n) is 11.7. The Hall–Kier alpha value is -1.31. The van der Waals surface area contributed by atoms with Crippen molar-refractivity contribution >= 4 is 11.6 Å². The molecule has 0 spiro atoms. The maximum absolute atomic E-state index is 6.04. The highest BCUT2D eigenvalue weighted by Crippen LogP contribution is 2.23. The molecule has 0 saturated carbocycles. The number of rotatable bonds is 4. The van der Waals surface area contributed by atoms with Crippen molar-refractivity contribution in [2.75, 3.05) is 0 Å². The van der Waals surface area contributed by atoms with Gasteiger partial charge < -0.3 is 5.32 Å². The van der Waals surface area contributed by atoms with Gasteiger partial charge in [-0.05, 0) is 49.6 Å². The lowest BCUT2D eigenvalue weighted by atomic mass is 10.0. The Bertz CT molecular complexity index is 550. The van der Waals surface area contributed by atoms with E-state index >= 15 is 0 Å². The second kappa shape index (κ2) is 6.23. The lowest BCUT2D eigenvalue weighted by molar-refractivity contribution is 0.493. The zero-order valence-corrected chi connectivity index (χ0v) is 12.4. The first-order valence-corrected chi connectivity index (χ1v) is 7.03. The molecule has 2 heteroatoms. The molecule has 1 unspecified atom stereocenters. The van der Waals surface area contributed by atoms with E-state index in [1.165, 1.54) is 16.7 Å². The van der Waals surface area contributed by atoms with Crippen LogP contribution in [0.2, 0.25) is 5.02 Å². The summed E-state index contributed by atoms with van der Waals surface area (Å²) in [6.07, 6.45) is 0. The summed E-state index contributed by atoms with van der Waals surface area (Å²) < 4.78 is 0. The standard InChI is InChI=1S/C17H20ClN/c1-12-7-4-5-10-17(12)14(3)19-13(2)15-8-6-9-16(18)11-15/h4-11,13-14,19H,1-3H3/t13-,14?/m0/s1. The predicted octanol–water partition coefficient (Wildman–Crippen LogP) is 5.06. The minimum Gasteiger partial charge on any atom is -0.304 e. The maximum atomic E-state index is 6.04. The summed E-state index contributed by atoms with van der Waals surface area (Å²) in [7, 11) is 0. The zero-order chi connectivity index (χ0) is 13.8. The largest absolute Gasteiger partial charge is 0.304 e. The second-order valence-electron chi connectivity index (χ2n) is 5.02. The molecule has 0 heterocycles. The normalized spacial score (nSPS) is 14.1. The first kappa shape index (κ1) is 14.1. The van der Waals surface area contributed by atoms with E-state index in [0.29, 0.717) is 6.04 Å². The second-order valence-corrected chi connectivity index (χ2v) is 5.46. The average molecular weight is 274 g/mol. The molecule has 1 N–H and O–H groups in total. The maximum Gasteiger partial charge on any atom is 0.0409 e. The van der Waals surface area contributed by atoms with Gasteiger partial charge in [0.2, 0.25) is 0 Å². The highest BCUT2D eigenvalue weighted by Gasteiger charge is 2.12. The van der Waals surface area contributed by atoms with E-state index in [1.807, 2.05) is 18.2 Å². The number of aryl methyl sites for hydroxylation is 1. The molecule has 1 nitrogen and oxygen atoms in total. The third kappa shape index (κ3) is 3.59. The molecule has 19 heavy (non-hydrogen) atoms. The van der Waals surface area contributed by atoms with Crippen molar-refractivity contribution in [2.45, 2.75) is 32.9 Å². The Morgan fingerprint density at radius 3 is 2.37 bits per heavy atom. The molecule has 2 rings (SSSR count). The van der Waals surface area contributed by atoms with Crippen molar-refractivity contribution in [3.63, 3.8) is 0 Å². The molecule has 0 aromatic heterocycles. The van der Waals surface area contributed by atoms with E-state index in [2.05, 4.69) is 56.4 Å². The van der Waals surface area contributed by atoms with E-state index in [0.717, 1.165) is 5.02 Å². The fourth-order valence-corrected chi connectivity index (χ4v) is 2.61. The first-order valence-electron chi connectivity index (χ1n) is 6.65. The van der Waals surface area contributed by atoms with Crippen LogP contribution in [0.15, 0.2) is 48.5 Å². The number of hydrogen-bond acceptors (Lipinski definition) is 1. The Labute approximate surface area is 120 Å². The topological polar surface area (TPSA) is 12.0 Å². The van der Waals surface area contributed by atoms with Crippen molar-refractivity contribution in [3.05, 3.63) is 70.2 Å². The van der Waals surface area contributed by atoms with Crippen LogP contribution in [0.25, 0.3) is 0 Å². The molecule has 100 valence electrons. The highest BCUT2D eigenvalue weighted by atomic mass is 35.5. The Balaban J connectivity index is 2.11. The summed E-state index contributed by atoms with van der Waals surface area (Å²) in [5.41, 5.74) is 3.88. The predicted molar refractivity (Wildman–Crippen MR) is 82.6 cm³/mol. The van der Waals surface area contributed by atoms with Gasteiger partial charge in [-0.15, -0.1) is 0 Å².